The van der Waals surface area contributed by atoms with Crippen molar-refractivity contribution in [2.45, 2.75) is 9.79 Å². The van der Waals surface area contributed by atoms with Crippen molar-refractivity contribution in [1.29, 1.82) is 0 Å². The number of hydrogen-bond acceptors (Lipinski definition) is 4. The molecule has 0 atom stereocenters. The van der Waals surface area contributed by atoms with E-state index in [0.29, 0.717) is 0 Å². The van der Waals surface area contributed by atoms with E-state index < -0.39 is 20.0 Å². The highest BCUT2D eigenvalue weighted by Crippen LogP contribution is 2.27. The molecule has 1 rings (SSSR count). The second-order valence-electron chi connectivity index (χ2n) is 5.25. The third-order valence-corrected chi connectivity index (χ3v) is 7.32. The summed E-state index contributed by atoms with van der Waals surface area (Å²) >= 11 is 0. The molecular weight excluding hydrogens is 372 g/mol. The van der Waals surface area contributed by atoms with Crippen LogP contribution in [0.2, 0.25) is 0 Å². The molecule has 26 heavy (non-hydrogen) atoms. The molecule has 1 aromatic carbocycles. The average Bonchev–Trinajstić information content (AvgIpc) is 2.61. The Morgan fingerprint density at radius 2 is 0.923 bits per heavy atom. The van der Waals surface area contributed by atoms with E-state index in [1.165, 1.54) is 48.6 Å². The third kappa shape index (κ3) is 4.79. The highest BCUT2D eigenvalue weighted by Gasteiger charge is 2.32. The van der Waals surface area contributed by atoms with Gasteiger partial charge < -0.3 is 0 Å². The predicted octanol–water partition coefficient (Wildman–Crippen LogP) is 2.41. The Morgan fingerprint density at radius 1 is 0.654 bits per heavy atom. The summed E-state index contributed by atoms with van der Waals surface area (Å²) in [4.78, 5) is -0.580. The maximum Gasteiger partial charge on any atom is 0.244 e. The van der Waals surface area contributed by atoms with Crippen LogP contribution in [0.25, 0.3) is 0 Å². The Kier molecular flexibility index (Phi) is 8.16. The number of nitrogens with zero attached hydrogens (tertiary/aromatic N) is 2. The lowest BCUT2D eigenvalue weighted by atomic mass is 10.4. The van der Waals surface area contributed by atoms with E-state index in [4.69, 9.17) is 0 Å². The first-order valence-corrected chi connectivity index (χ1v) is 10.7. The quantitative estimate of drug-likeness (QED) is 0.509. The van der Waals surface area contributed by atoms with Gasteiger partial charge in [-0.15, -0.1) is 26.3 Å². The summed E-state index contributed by atoms with van der Waals surface area (Å²) in [6.07, 6.45) is 5.72. The Morgan fingerprint density at radius 3 is 1.15 bits per heavy atom. The van der Waals surface area contributed by atoms with Gasteiger partial charge in [-0.1, -0.05) is 36.4 Å². The first kappa shape index (κ1) is 22.0. The molecule has 0 spiro atoms. The third-order valence-electron chi connectivity index (χ3n) is 3.42. The largest absolute Gasteiger partial charge is 0.244 e. The molecule has 0 amide bonds. The molecule has 0 aliphatic carbocycles. The van der Waals surface area contributed by atoms with E-state index in [0.717, 1.165) is 8.61 Å². The number of rotatable bonds is 12. The summed E-state index contributed by atoms with van der Waals surface area (Å²) < 4.78 is 54.3. The van der Waals surface area contributed by atoms with Crippen LogP contribution < -0.4 is 0 Å². The van der Waals surface area contributed by atoms with Crippen LogP contribution in [0, 0.1) is 0 Å². The van der Waals surface area contributed by atoms with Gasteiger partial charge in [0, 0.05) is 26.2 Å². The Balaban J connectivity index is 3.59. The zero-order valence-electron chi connectivity index (χ0n) is 14.6. The molecule has 0 unspecified atom stereocenters. The van der Waals surface area contributed by atoms with Crippen LogP contribution >= 0.6 is 0 Å². The molecule has 0 fully saturated rings. The van der Waals surface area contributed by atoms with Gasteiger partial charge in [0.1, 0.15) is 9.79 Å². The molecule has 0 saturated heterocycles. The summed E-state index contributed by atoms with van der Waals surface area (Å²) in [5, 5.41) is 0. The normalized spacial score (nSPS) is 12.1. The van der Waals surface area contributed by atoms with E-state index in [-0.39, 0.29) is 36.0 Å². The molecular formula is C18H24N2O4S2. The van der Waals surface area contributed by atoms with E-state index in [1.54, 1.807) is 0 Å². The lowest BCUT2D eigenvalue weighted by Gasteiger charge is -2.24. The van der Waals surface area contributed by atoms with Gasteiger partial charge in [0.2, 0.25) is 20.0 Å². The zero-order valence-corrected chi connectivity index (χ0v) is 16.3. The van der Waals surface area contributed by atoms with Crippen molar-refractivity contribution in [2.24, 2.45) is 0 Å². The molecule has 0 aliphatic rings. The number of benzene rings is 1. The van der Waals surface area contributed by atoms with Crippen LogP contribution in [0.5, 0.6) is 0 Å². The van der Waals surface area contributed by atoms with Gasteiger partial charge in [-0.05, 0) is 12.1 Å². The maximum absolute atomic E-state index is 13.0. The molecule has 0 heterocycles. The molecule has 142 valence electrons. The Bertz CT molecular complexity index is 781. The topological polar surface area (TPSA) is 74.8 Å². The van der Waals surface area contributed by atoms with Crippen LogP contribution in [0.4, 0.5) is 0 Å². The highest BCUT2D eigenvalue weighted by molar-refractivity contribution is 7.92. The highest BCUT2D eigenvalue weighted by atomic mass is 32.2. The van der Waals surface area contributed by atoms with Crippen molar-refractivity contribution >= 4 is 20.0 Å². The number of hydrogen-bond donors (Lipinski definition) is 0. The molecule has 0 saturated carbocycles. The van der Waals surface area contributed by atoms with Crippen molar-refractivity contribution < 1.29 is 16.8 Å². The maximum atomic E-state index is 13.0. The lowest BCUT2D eigenvalue weighted by Crippen LogP contribution is -2.35. The first-order valence-electron chi connectivity index (χ1n) is 7.80. The van der Waals surface area contributed by atoms with Gasteiger partial charge in [-0.25, -0.2) is 16.8 Å². The fourth-order valence-corrected chi connectivity index (χ4v) is 5.81. The summed E-state index contributed by atoms with van der Waals surface area (Å²) in [6, 6.07) is 5.53. The van der Waals surface area contributed by atoms with E-state index >= 15 is 0 Å². The average molecular weight is 397 g/mol. The second kappa shape index (κ2) is 9.63. The molecule has 0 aliphatic heterocycles. The minimum atomic E-state index is -4.07. The van der Waals surface area contributed by atoms with Crippen LogP contribution in [-0.2, 0) is 20.0 Å². The van der Waals surface area contributed by atoms with Gasteiger partial charge in [-0.3, -0.25) is 0 Å². The summed E-state index contributed by atoms with van der Waals surface area (Å²) in [6.45, 7) is 14.3. The molecule has 6 nitrogen and oxygen atoms in total. The van der Waals surface area contributed by atoms with Gasteiger partial charge in [0.05, 0.1) is 0 Å². The number of sulfonamides is 2. The van der Waals surface area contributed by atoms with Gasteiger partial charge in [0.15, 0.2) is 0 Å². The molecule has 0 bridgehead atoms. The molecule has 0 N–H and O–H groups in total. The minimum Gasteiger partial charge on any atom is -0.207 e. The Hall–Kier alpha value is -2.00. The standard InChI is InChI=1S/C18H24N2O4S2/c1-5-13-19(14-6-2)25(21,22)17-11-9-10-12-18(17)26(23,24)20(15-7-3)16-8-4/h5-12H,1-4,13-16H2. The van der Waals surface area contributed by atoms with Crippen LogP contribution in [0.3, 0.4) is 0 Å². The van der Waals surface area contributed by atoms with Crippen molar-refractivity contribution in [1.82, 2.24) is 8.61 Å². The summed E-state index contributed by atoms with van der Waals surface area (Å²) in [5.41, 5.74) is 0. The van der Waals surface area contributed by atoms with Crippen molar-refractivity contribution in [3.63, 3.8) is 0 Å². The SMILES string of the molecule is C=CCN(CC=C)S(=O)(=O)c1ccccc1S(=O)(=O)N(CC=C)CC=C. The Labute approximate surface area is 156 Å². The van der Waals surface area contributed by atoms with Gasteiger partial charge in [-0.2, -0.15) is 8.61 Å². The van der Waals surface area contributed by atoms with Crippen molar-refractivity contribution in [3.8, 4) is 0 Å². The van der Waals surface area contributed by atoms with Gasteiger partial charge >= 0.3 is 0 Å². The smallest absolute Gasteiger partial charge is 0.207 e. The van der Waals surface area contributed by atoms with E-state index in [2.05, 4.69) is 26.3 Å². The van der Waals surface area contributed by atoms with Crippen molar-refractivity contribution in [3.05, 3.63) is 74.9 Å². The van der Waals surface area contributed by atoms with E-state index in [9.17, 15) is 16.8 Å². The fourth-order valence-electron chi connectivity index (χ4n) is 2.27. The van der Waals surface area contributed by atoms with Gasteiger partial charge in [0.25, 0.3) is 0 Å². The fraction of sp³-hybridized carbons (Fsp3) is 0.222. The van der Waals surface area contributed by atoms with Crippen LogP contribution in [-0.4, -0.2) is 51.6 Å². The molecule has 0 radical (unpaired) electrons. The monoisotopic (exact) mass is 396 g/mol. The minimum absolute atomic E-state index is 0.0335. The summed E-state index contributed by atoms with van der Waals surface area (Å²) in [5.74, 6) is 0. The second-order valence-corrected chi connectivity index (χ2v) is 9.06. The molecule has 1 aromatic rings. The van der Waals surface area contributed by atoms with Crippen LogP contribution in [0.15, 0.2) is 84.7 Å². The summed E-state index contributed by atoms with van der Waals surface area (Å²) in [7, 11) is -8.14. The van der Waals surface area contributed by atoms with E-state index in [1.807, 2.05) is 0 Å². The van der Waals surface area contributed by atoms with Crippen LogP contribution in [0.1, 0.15) is 0 Å². The predicted molar refractivity (Wildman–Crippen MR) is 105 cm³/mol. The lowest BCUT2D eigenvalue weighted by molar-refractivity contribution is 0.462. The molecule has 8 heteroatoms. The zero-order chi connectivity index (χ0) is 19.8. The molecule has 0 aromatic heterocycles. The van der Waals surface area contributed by atoms with Crippen molar-refractivity contribution in [2.75, 3.05) is 26.2 Å². The first-order chi connectivity index (χ1) is 12.3.